The number of carbonyl (C=O) groups excluding carboxylic acids is 2. The Morgan fingerprint density at radius 3 is 2.65 bits per heavy atom. The molecule has 0 radical (unpaired) electrons. The van der Waals surface area contributed by atoms with Crippen molar-refractivity contribution in [3.63, 3.8) is 0 Å². The van der Waals surface area contributed by atoms with Crippen molar-refractivity contribution < 1.29 is 24.2 Å². The topological polar surface area (TPSA) is 95.9 Å². The number of carboxylic acids is 1. The van der Waals surface area contributed by atoms with E-state index in [4.69, 9.17) is 9.84 Å². The van der Waals surface area contributed by atoms with Crippen LogP contribution in [0.4, 0.5) is 5.69 Å². The van der Waals surface area contributed by atoms with Gasteiger partial charge < -0.3 is 15.2 Å². The summed E-state index contributed by atoms with van der Waals surface area (Å²) in [7, 11) is 0. The number of nitrogens with one attached hydrogen (secondary N) is 1. The lowest BCUT2D eigenvalue weighted by Crippen LogP contribution is -2.50. The molecule has 1 aliphatic rings. The molecule has 1 atom stereocenters. The molecule has 0 aliphatic carbocycles. The second-order valence-electron chi connectivity index (χ2n) is 6.12. The average molecular weight is 320 g/mol. The molecule has 7 heteroatoms. The van der Waals surface area contributed by atoms with E-state index in [2.05, 4.69) is 5.32 Å². The molecule has 1 aromatic rings. The van der Waals surface area contributed by atoms with Crippen molar-refractivity contribution in [3.8, 4) is 5.75 Å². The number of nitrogens with zero attached hydrogens (tertiary/aromatic N) is 1. The molecule has 23 heavy (non-hydrogen) atoms. The van der Waals surface area contributed by atoms with E-state index in [9.17, 15) is 14.4 Å². The number of ether oxygens (including phenoxy) is 1. The Balaban J connectivity index is 2.08. The van der Waals surface area contributed by atoms with Gasteiger partial charge in [-0.25, -0.2) is 0 Å². The van der Waals surface area contributed by atoms with Crippen LogP contribution in [-0.4, -0.2) is 42.1 Å². The van der Waals surface area contributed by atoms with Gasteiger partial charge in [0.05, 0.1) is 11.1 Å². The number of rotatable bonds is 5. The molecule has 1 unspecified atom stereocenters. The summed E-state index contributed by atoms with van der Waals surface area (Å²) in [5, 5.41) is 11.6. The highest BCUT2D eigenvalue weighted by molar-refractivity contribution is 6.03. The predicted octanol–water partition coefficient (Wildman–Crippen LogP) is 1.03. The quantitative estimate of drug-likeness (QED) is 0.844. The van der Waals surface area contributed by atoms with Crippen LogP contribution in [0.3, 0.4) is 0 Å². The minimum Gasteiger partial charge on any atom is -0.481 e. The van der Waals surface area contributed by atoms with Crippen molar-refractivity contribution in [2.75, 3.05) is 18.0 Å². The van der Waals surface area contributed by atoms with Crippen LogP contribution in [0.2, 0.25) is 0 Å². The first-order chi connectivity index (χ1) is 10.7. The number of amides is 2. The van der Waals surface area contributed by atoms with E-state index < -0.39 is 23.4 Å². The van der Waals surface area contributed by atoms with Gasteiger partial charge in [0.15, 0.2) is 6.10 Å². The molecule has 0 spiro atoms. The standard InChI is InChI=1S/C16H20N2O5/c1-10-14(20)18(11-6-4-5-7-12(11)23-10)8-13(19)17-9-16(2,3)15(21)22/h4-7,10H,8-9H2,1-3H3,(H,17,19)(H,21,22). The monoisotopic (exact) mass is 320 g/mol. The summed E-state index contributed by atoms with van der Waals surface area (Å²) in [4.78, 5) is 36.8. The van der Waals surface area contributed by atoms with Crippen LogP contribution in [-0.2, 0) is 14.4 Å². The molecule has 0 aromatic heterocycles. The second kappa shape index (κ2) is 6.28. The fraction of sp³-hybridized carbons (Fsp3) is 0.438. The fourth-order valence-electron chi connectivity index (χ4n) is 2.12. The Morgan fingerprint density at radius 1 is 1.35 bits per heavy atom. The first kappa shape index (κ1) is 16.8. The summed E-state index contributed by atoms with van der Waals surface area (Å²) in [6.07, 6.45) is -0.673. The third-order valence-electron chi connectivity index (χ3n) is 3.68. The summed E-state index contributed by atoms with van der Waals surface area (Å²) >= 11 is 0. The third-order valence-corrected chi connectivity index (χ3v) is 3.68. The molecule has 1 aliphatic heterocycles. The summed E-state index contributed by atoms with van der Waals surface area (Å²) in [6, 6.07) is 6.98. The number of carbonyl (C=O) groups is 3. The predicted molar refractivity (Wildman–Crippen MR) is 83.3 cm³/mol. The van der Waals surface area contributed by atoms with Crippen LogP contribution in [0.25, 0.3) is 0 Å². The van der Waals surface area contributed by atoms with Gasteiger partial charge in [0.1, 0.15) is 12.3 Å². The van der Waals surface area contributed by atoms with Gasteiger partial charge in [0, 0.05) is 6.54 Å². The van der Waals surface area contributed by atoms with Crippen molar-refractivity contribution in [3.05, 3.63) is 24.3 Å². The zero-order valence-electron chi connectivity index (χ0n) is 13.3. The lowest BCUT2D eigenvalue weighted by molar-refractivity contribution is -0.146. The van der Waals surface area contributed by atoms with E-state index in [1.165, 1.54) is 18.7 Å². The van der Waals surface area contributed by atoms with Crippen LogP contribution >= 0.6 is 0 Å². The van der Waals surface area contributed by atoms with Crippen molar-refractivity contribution in [2.45, 2.75) is 26.9 Å². The van der Waals surface area contributed by atoms with Crippen molar-refractivity contribution in [1.82, 2.24) is 5.32 Å². The SMILES string of the molecule is CC1Oc2ccccc2N(CC(=O)NCC(C)(C)C(=O)O)C1=O. The zero-order valence-corrected chi connectivity index (χ0v) is 13.3. The van der Waals surface area contributed by atoms with Crippen LogP contribution in [0.15, 0.2) is 24.3 Å². The lowest BCUT2D eigenvalue weighted by Gasteiger charge is -2.32. The summed E-state index contributed by atoms with van der Waals surface area (Å²) in [5.74, 6) is -1.19. The molecular formula is C16H20N2O5. The molecule has 2 N–H and O–H groups in total. The molecule has 7 nitrogen and oxygen atoms in total. The lowest BCUT2D eigenvalue weighted by atomic mass is 9.94. The van der Waals surface area contributed by atoms with Crippen molar-refractivity contribution in [1.29, 1.82) is 0 Å². The Hall–Kier alpha value is -2.57. The van der Waals surface area contributed by atoms with Crippen LogP contribution in [0.5, 0.6) is 5.75 Å². The molecule has 1 aromatic carbocycles. The van der Waals surface area contributed by atoms with Gasteiger partial charge in [-0.1, -0.05) is 12.1 Å². The van der Waals surface area contributed by atoms with Gasteiger partial charge in [-0.05, 0) is 32.9 Å². The Kier molecular flexibility index (Phi) is 4.58. The number of hydrogen-bond donors (Lipinski definition) is 2. The molecule has 124 valence electrons. The summed E-state index contributed by atoms with van der Waals surface area (Å²) in [5.41, 5.74) is -0.543. The number of benzene rings is 1. The zero-order chi connectivity index (χ0) is 17.2. The maximum absolute atomic E-state index is 12.3. The Morgan fingerprint density at radius 2 is 2.00 bits per heavy atom. The van der Waals surface area contributed by atoms with E-state index >= 15 is 0 Å². The van der Waals surface area contributed by atoms with Crippen molar-refractivity contribution in [2.24, 2.45) is 5.41 Å². The normalized spacial score (nSPS) is 17.3. The molecule has 0 bridgehead atoms. The highest BCUT2D eigenvalue weighted by atomic mass is 16.5. The van der Waals surface area contributed by atoms with Gasteiger partial charge in [0.25, 0.3) is 5.91 Å². The van der Waals surface area contributed by atoms with E-state index in [1.54, 1.807) is 31.2 Å². The largest absolute Gasteiger partial charge is 0.481 e. The molecule has 2 amide bonds. The molecule has 2 rings (SSSR count). The number of aliphatic carboxylic acids is 1. The first-order valence-electron chi connectivity index (χ1n) is 7.29. The van der Waals surface area contributed by atoms with Crippen LogP contribution in [0.1, 0.15) is 20.8 Å². The van der Waals surface area contributed by atoms with Gasteiger partial charge in [-0.2, -0.15) is 0 Å². The molecular weight excluding hydrogens is 300 g/mol. The maximum Gasteiger partial charge on any atom is 0.310 e. The smallest absolute Gasteiger partial charge is 0.310 e. The number of carboxylic acid groups (broad SMARTS) is 1. The number of anilines is 1. The van der Waals surface area contributed by atoms with E-state index in [1.807, 2.05) is 0 Å². The van der Waals surface area contributed by atoms with Crippen LogP contribution < -0.4 is 15.0 Å². The Bertz CT molecular complexity index is 641. The van der Waals surface area contributed by atoms with Gasteiger partial charge in [-0.3, -0.25) is 19.3 Å². The second-order valence-corrected chi connectivity index (χ2v) is 6.12. The van der Waals surface area contributed by atoms with E-state index in [0.717, 1.165) is 0 Å². The average Bonchev–Trinajstić information content (AvgIpc) is 2.49. The summed E-state index contributed by atoms with van der Waals surface area (Å²) in [6.45, 7) is 4.46. The minimum atomic E-state index is -1.07. The van der Waals surface area contributed by atoms with Gasteiger partial charge in [-0.15, -0.1) is 0 Å². The fourth-order valence-corrected chi connectivity index (χ4v) is 2.12. The minimum absolute atomic E-state index is 0.0170. The third kappa shape index (κ3) is 3.61. The van der Waals surface area contributed by atoms with Crippen LogP contribution in [0, 0.1) is 5.41 Å². The summed E-state index contributed by atoms with van der Waals surface area (Å²) < 4.78 is 5.50. The Labute approximate surface area is 134 Å². The number of para-hydroxylation sites is 2. The number of fused-ring (bicyclic) bond motifs is 1. The van der Waals surface area contributed by atoms with Crippen molar-refractivity contribution >= 4 is 23.5 Å². The maximum atomic E-state index is 12.3. The highest BCUT2D eigenvalue weighted by Crippen LogP contribution is 2.33. The van der Waals surface area contributed by atoms with E-state index in [0.29, 0.717) is 11.4 Å². The van der Waals surface area contributed by atoms with Gasteiger partial charge >= 0.3 is 5.97 Å². The highest BCUT2D eigenvalue weighted by Gasteiger charge is 2.33. The molecule has 0 saturated carbocycles. The van der Waals surface area contributed by atoms with Gasteiger partial charge in [0.2, 0.25) is 5.91 Å². The molecule has 0 saturated heterocycles. The first-order valence-corrected chi connectivity index (χ1v) is 7.29. The molecule has 1 heterocycles. The molecule has 0 fully saturated rings. The van der Waals surface area contributed by atoms with E-state index in [-0.39, 0.29) is 19.0 Å². The number of hydrogen-bond acceptors (Lipinski definition) is 4.